The predicted octanol–water partition coefficient (Wildman–Crippen LogP) is 1.26. The fraction of sp³-hybridized carbons (Fsp3) is 0.368. The van der Waals surface area contributed by atoms with Gasteiger partial charge in [-0.2, -0.15) is 0 Å². The lowest BCUT2D eigenvalue weighted by molar-refractivity contribution is -0.137. The Labute approximate surface area is 157 Å². The van der Waals surface area contributed by atoms with Crippen LogP contribution in [0.3, 0.4) is 0 Å². The van der Waals surface area contributed by atoms with Crippen molar-refractivity contribution in [3.8, 4) is 0 Å². The molecule has 0 saturated heterocycles. The van der Waals surface area contributed by atoms with Crippen LogP contribution in [0.2, 0.25) is 0 Å². The summed E-state index contributed by atoms with van der Waals surface area (Å²) in [6.07, 6.45) is 11.0. The fourth-order valence-corrected chi connectivity index (χ4v) is 2.87. The SMILES string of the molecule is CCOC(=O)/C=C/c1cc(C2CC2)cn2cc(CN(N)/C=C(\N)CO)nc12. The molecule has 27 heavy (non-hydrogen) atoms. The molecule has 1 aliphatic carbocycles. The Kier molecular flexibility index (Phi) is 5.78. The highest BCUT2D eigenvalue weighted by Gasteiger charge is 2.24. The summed E-state index contributed by atoms with van der Waals surface area (Å²) < 4.78 is 6.92. The second kappa shape index (κ2) is 8.24. The number of nitrogens with two attached hydrogens (primary N) is 2. The summed E-state index contributed by atoms with van der Waals surface area (Å²) in [4.78, 5) is 16.3. The molecule has 0 bridgehead atoms. The number of hydrogen-bond donors (Lipinski definition) is 3. The fourth-order valence-electron chi connectivity index (χ4n) is 2.87. The van der Waals surface area contributed by atoms with Gasteiger partial charge in [0.05, 0.1) is 31.1 Å². The van der Waals surface area contributed by atoms with Crippen molar-refractivity contribution in [2.75, 3.05) is 13.2 Å². The number of hydrazine groups is 1. The van der Waals surface area contributed by atoms with Crippen LogP contribution in [0.25, 0.3) is 11.7 Å². The molecule has 8 heteroatoms. The molecule has 1 fully saturated rings. The van der Waals surface area contributed by atoms with Gasteiger partial charge in [-0.05, 0) is 43.4 Å². The first-order valence-electron chi connectivity index (χ1n) is 8.95. The lowest BCUT2D eigenvalue weighted by atomic mass is 10.1. The number of esters is 1. The second-order valence-electron chi connectivity index (χ2n) is 6.59. The number of aliphatic hydroxyl groups is 1. The number of nitrogens with zero attached hydrogens (tertiary/aromatic N) is 3. The van der Waals surface area contributed by atoms with Crippen LogP contribution >= 0.6 is 0 Å². The molecule has 0 amide bonds. The average molecular weight is 371 g/mol. The molecule has 0 aromatic carbocycles. The molecular weight excluding hydrogens is 346 g/mol. The van der Waals surface area contributed by atoms with E-state index < -0.39 is 0 Å². The smallest absolute Gasteiger partial charge is 0.330 e. The standard InChI is InChI=1S/C19H25N5O3/c1-2-27-18(26)6-5-14-7-15(13-3-4-13)8-23-10-17(22-19(14)23)11-24(21)9-16(20)12-25/h5-10,13,25H,2-4,11-12,20-21H2,1H3/b6-5+,16-9-. The zero-order valence-electron chi connectivity index (χ0n) is 15.3. The van der Waals surface area contributed by atoms with Gasteiger partial charge in [0.1, 0.15) is 5.65 Å². The third kappa shape index (κ3) is 4.87. The van der Waals surface area contributed by atoms with Gasteiger partial charge in [-0.25, -0.2) is 15.6 Å². The number of ether oxygens (including phenoxy) is 1. The van der Waals surface area contributed by atoms with Crippen LogP contribution in [0.5, 0.6) is 0 Å². The summed E-state index contributed by atoms with van der Waals surface area (Å²) in [5.74, 6) is 6.09. The third-order valence-corrected chi connectivity index (χ3v) is 4.24. The Morgan fingerprint density at radius 3 is 2.93 bits per heavy atom. The van der Waals surface area contributed by atoms with Gasteiger partial charge in [0, 0.05) is 30.2 Å². The highest BCUT2D eigenvalue weighted by molar-refractivity contribution is 5.88. The van der Waals surface area contributed by atoms with Gasteiger partial charge in [-0.15, -0.1) is 0 Å². The van der Waals surface area contributed by atoms with Gasteiger partial charge in [0.25, 0.3) is 0 Å². The van der Waals surface area contributed by atoms with E-state index in [4.69, 9.17) is 21.4 Å². The van der Waals surface area contributed by atoms with Crippen molar-refractivity contribution in [2.24, 2.45) is 11.6 Å². The number of rotatable bonds is 8. The van der Waals surface area contributed by atoms with E-state index in [-0.39, 0.29) is 18.3 Å². The molecule has 2 heterocycles. The van der Waals surface area contributed by atoms with E-state index in [2.05, 4.69) is 17.2 Å². The molecule has 2 aromatic heterocycles. The van der Waals surface area contributed by atoms with Crippen molar-refractivity contribution < 1.29 is 14.6 Å². The van der Waals surface area contributed by atoms with Crippen LogP contribution in [-0.2, 0) is 16.1 Å². The lowest BCUT2D eigenvalue weighted by Gasteiger charge is -2.12. The van der Waals surface area contributed by atoms with Gasteiger partial charge in [-0.1, -0.05) is 0 Å². The van der Waals surface area contributed by atoms with Gasteiger partial charge < -0.3 is 25.0 Å². The van der Waals surface area contributed by atoms with Crippen molar-refractivity contribution in [1.82, 2.24) is 14.4 Å². The van der Waals surface area contributed by atoms with Gasteiger partial charge in [0.15, 0.2) is 0 Å². The molecule has 1 saturated carbocycles. The van der Waals surface area contributed by atoms with E-state index in [0.717, 1.165) is 16.9 Å². The number of fused-ring (bicyclic) bond motifs is 1. The molecule has 2 aromatic rings. The second-order valence-corrected chi connectivity index (χ2v) is 6.59. The lowest BCUT2D eigenvalue weighted by Crippen LogP contribution is -2.26. The van der Waals surface area contributed by atoms with Crippen molar-refractivity contribution in [3.05, 3.63) is 53.3 Å². The van der Waals surface area contributed by atoms with E-state index in [1.165, 1.54) is 35.7 Å². The topological polar surface area (TPSA) is 119 Å². The molecule has 5 N–H and O–H groups in total. The highest BCUT2D eigenvalue weighted by atomic mass is 16.5. The van der Waals surface area contributed by atoms with Crippen molar-refractivity contribution >= 4 is 17.7 Å². The van der Waals surface area contributed by atoms with Crippen LogP contribution in [0, 0.1) is 0 Å². The Morgan fingerprint density at radius 2 is 2.26 bits per heavy atom. The Morgan fingerprint density at radius 1 is 1.48 bits per heavy atom. The molecule has 0 radical (unpaired) electrons. The maximum Gasteiger partial charge on any atom is 0.330 e. The molecule has 0 aliphatic heterocycles. The number of imidazole rings is 1. The minimum Gasteiger partial charge on any atom is -0.463 e. The number of hydrogen-bond acceptors (Lipinski definition) is 7. The molecule has 1 aliphatic rings. The van der Waals surface area contributed by atoms with Crippen LogP contribution in [0.4, 0.5) is 0 Å². The number of pyridine rings is 1. The maximum absolute atomic E-state index is 11.7. The molecule has 144 valence electrons. The first-order chi connectivity index (χ1) is 13.0. The minimum absolute atomic E-state index is 0.258. The summed E-state index contributed by atoms with van der Waals surface area (Å²) in [6, 6.07) is 2.07. The highest BCUT2D eigenvalue weighted by Crippen LogP contribution is 2.40. The largest absolute Gasteiger partial charge is 0.463 e. The zero-order valence-corrected chi connectivity index (χ0v) is 15.3. The van der Waals surface area contributed by atoms with E-state index in [1.807, 2.05) is 10.6 Å². The number of carbonyl (C=O) groups is 1. The molecule has 0 unspecified atom stereocenters. The Bertz CT molecular complexity index is 883. The van der Waals surface area contributed by atoms with Crippen molar-refractivity contribution in [3.63, 3.8) is 0 Å². The van der Waals surface area contributed by atoms with Gasteiger partial charge >= 0.3 is 5.97 Å². The normalized spacial score (nSPS) is 14.9. The van der Waals surface area contributed by atoms with E-state index >= 15 is 0 Å². The molecule has 0 spiro atoms. The van der Waals surface area contributed by atoms with Gasteiger partial charge in [0.2, 0.25) is 0 Å². The number of aliphatic hydroxyl groups excluding tert-OH is 1. The maximum atomic E-state index is 11.7. The van der Waals surface area contributed by atoms with E-state index in [0.29, 0.717) is 19.1 Å². The van der Waals surface area contributed by atoms with E-state index in [9.17, 15) is 4.79 Å². The average Bonchev–Trinajstić information content (AvgIpc) is 3.40. The monoisotopic (exact) mass is 371 g/mol. The van der Waals surface area contributed by atoms with Crippen LogP contribution in [-0.4, -0.2) is 38.7 Å². The molecule has 3 rings (SSSR count). The molecule has 8 nitrogen and oxygen atoms in total. The summed E-state index contributed by atoms with van der Waals surface area (Å²) in [7, 11) is 0. The van der Waals surface area contributed by atoms with Crippen LogP contribution < -0.4 is 11.6 Å². The number of carbonyl (C=O) groups excluding carboxylic acids is 1. The Hall–Kier alpha value is -2.84. The summed E-state index contributed by atoms with van der Waals surface area (Å²) in [5, 5.41) is 10.4. The predicted molar refractivity (Wildman–Crippen MR) is 102 cm³/mol. The molecular formula is C19H25N5O3. The van der Waals surface area contributed by atoms with Crippen molar-refractivity contribution in [2.45, 2.75) is 32.2 Å². The number of aromatic nitrogens is 2. The summed E-state index contributed by atoms with van der Waals surface area (Å²) in [5.41, 5.74) is 9.43. The first kappa shape index (κ1) is 18.9. The van der Waals surface area contributed by atoms with E-state index in [1.54, 1.807) is 13.0 Å². The minimum atomic E-state index is -0.378. The zero-order chi connectivity index (χ0) is 19.4. The van der Waals surface area contributed by atoms with Crippen LogP contribution in [0.15, 0.2) is 36.4 Å². The quantitative estimate of drug-likeness (QED) is 0.276. The summed E-state index contributed by atoms with van der Waals surface area (Å²) in [6.45, 7) is 2.19. The summed E-state index contributed by atoms with van der Waals surface area (Å²) >= 11 is 0. The third-order valence-electron chi connectivity index (χ3n) is 4.24. The first-order valence-corrected chi connectivity index (χ1v) is 8.95. The molecule has 0 atom stereocenters. The van der Waals surface area contributed by atoms with Crippen molar-refractivity contribution in [1.29, 1.82) is 0 Å². The van der Waals surface area contributed by atoms with Crippen LogP contribution in [0.1, 0.15) is 42.5 Å². The van der Waals surface area contributed by atoms with Gasteiger partial charge in [-0.3, -0.25) is 0 Å². The Balaban J connectivity index is 1.91.